The van der Waals surface area contributed by atoms with Crippen LogP contribution in [-0.4, -0.2) is 39.0 Å². The molecule has 1 aliphatic rings. The van der Waals surface area contributed by atoms with Crippen molar-refractivity contribution in [3.63, 3.8) is 0 Å². The number of hydrogen-bond donors (Lipinski definition) is 3. The summed E-state index contributed by atoms with van der Waals surface area (Å²) in [4.78, 5) is 1.63. The fourth-order valence-electron chi connectivity index (χ4n) is 3.87. The first-order valence-corrected chi connectivity index (χ1v) is 10.7. The first-order valence-electron chi connectivity index (χ1n) is 10.3. The molecule has 1 fully saturated rings. The zero-order valence-electron chi connectivity index (χ0n) is 17.4. The molecular formula is C23H32N3O2S+. The van der Waals surface area contributed by atoms with Gasteiger partial charge in [0.1, 0.15) is 17.5 Å². The van der Waals surface area contributed by atoms with Gasteiger partial charge < -0.3 is 25.0 Å². The standard InChI is InChI=1S/C23H31N3O2S/c1-27-20-10-6-18(7-11-20)16-24-23(29)25-17-22(26-14-4-3-5-15-26)19-8-12-21(28-2)13-9-19/h6-13,22H,3-5,14-17H2,1-2H3,(H2,24,25,29)/p+1/t22-/m1/s1. The van der Waals surface area contributed by atoms with E-state index in [2.05, 4.69) is 22.8 Å². The van der Waals surface area contributed by atoms with Crippen LogP contribution >= 0.6 is 12.2 Å². The van der Waals surface area contributed by atoms with Crippen molar-refractivity contribution in [3.05, 3.63) is 59.7 Å². The predicted molar refractivity (Wildman–Crippen MR) is 121 cm³/mol. The summed E-state index contributed by atoms with van der Waals surface area (Å²) in [6.45, 7) is 3.94. The molecule has 1 aliphatic heterocycles. The summed E-state index contributed by atoms with van der Waals surface area (Å²) >= 11 is 5.53. The smallest absolute Gasteiger partial charge is 0.166 e. The molecule has 0 spiro atoms. The van der Waals surface area contributed by atoms with Gasteiger partial charge in [-0.25, -0.2) is 0 Å². The quantitative estimate of drug-likeness (QED) is 0.580. The molecule has 0 amide bonds. The van der Waals surface area contributed by atoms with Gasteiger partial charge in [0, 0.05) is 12.1 Å². The lowest BCUT2D eigenvalue weighted by atomic mass is 10.0. The third kappa shape index (κ3) is 6.34. The molecule has 6 heteroatoms. The molecule has 1 saturated heterocycles. The molecule has 5 nitrogen and oxygen atoms in total. The molecule has 1 atom stereocenters. The minimum absolute atomic E-state index is 0.377. The summed E-state index contributed by atoms with van der Waals surface area (Å²) in [6.07, 6.45) is 3.93. The number of quaternary nitrogens is 1. The van der Waals surface area contributed by atoms with E-state index in [4.69, 9.17) is 21.7 Å². The van der Waals surface area contributed by atoms with E-state index in [1.54, 1.807) is 19.1 Å². The van der Waals surface area contributed by atoms with E-state index in [0.717, 1.165) is 18.0 Å². The Balaban J connectivity index is 1.56. The fraction of sp³-hybridized carbons (Fsp3) is 0.435. The van der Waals surface area contributed by atoms with Gasteiger partial charge in [-0.05, 0) is 73.4 Å². The molecule has 2 aromatic carbocycles. The average molecular weight is 415 g/mol. The maximum absolute atomic E-state index is 5.53. The van der Waals surface area contributed by atoms with E-state index in [9.17, 15) is 0 Å². The van der Waals surface area contributed by atoms with Crippen LogP contribution in [-0.2, 0) is 6.54 Å². The zero-order chi connectivity index (χ0) is 20.5. The molecule has 0 bridgehead atoms. The molecule has 0 saturated carbocycles. The van der Waals surface area contributed by atoms with E-state index in [1.165, 1.54) is 43.5 Å². The number of likely N-dealkylation sites (tertiary alicyclic amines) is 1. The van der Waals surface area contributed by atoms with Crippen molar-refractivity contribution in [2.75, 3.05) is 33.9 Å². The third-order valence-corrected chi connectivity index (χ3v) is 5.87. The van der Waals surface area contributed by atoms with Crippen molar-refractivity contribution >= 4 is 17.3 Å². The van der Waals surface area contributed by atoms with Crippen LogP contribution in [0.4, 0.5) is 0 Å². The van der Waals surface area contributed by atoms with Crippen LogP contribution in [0.2, 0.25) is 0 Å². The highest BCUT2D eigenvalue weighted by Gasteiger charge is 2.26. The summed E-state index contributed by atoms with van der Waals surface area (Å²) in [6, 6.07) is 16.9. The number of methoxy groups -OCH3 is 2. The average Bonchev–Trinajstić information content (AvgIpc) is 2.79. The highest BCUT2D eigenvalue weighted by Crippen LogP contribution is 2.16. The van der Waals surface area contributed by atoms with Gasteiger partial charge in [0.15, 0.2) is 5.11 Å². The van der Waals surface area contributed by atoms with Crippen molar-refractivity contribution < 1.29 is 14.4 Å². The lowest BCUT2D eigenvalue weighted by molar-refractivity contribution is -0.934. The normalized spacial score (nSPS) is 15.4. The third-order valence-electron chi connectivity index (χ3n) is 5.59. The fourth-order valence-corrected chi connectivity index (χ4v) is 4.03. The Morgan fingerprint density at radius 2 is 1.48 bits per heavy atom. The van der Waals surface area contributed by atoms with Crippen molar-refractivity contribution in [2.24, 2.45) is 0 Å². The van der Waals surface area contributed by atoms with Crippen LogP contribution in [0.3, 0.4) is 0 Å². The molecule has 3 N–H and O–H groups in total. The summed E-state index contributed by atoms with van der Waals surface area (Å²) in [5.74, 6) is 1.76. The lowest BCUT2D eigenvalue weighted by Gasteiger charge is -2.32. The number of nitrogens with one attached hydrogen (secondary N) is 3. The Morgan fingerprint density at radius 3 is 2.07 bits per heavy atom. The lowest BCUT2D eigenvalue weighted by Crippen LogP contribution is -3.13. The summed E-state index contributed by atoms with van der Waals surface area (Å²) < 4.78 is 10.5. The van der Waals surface area contributed by atoms with E-state index in [-0.39, 0.29) is 0 Å². The Hall–Kier alpha value is -2.31. The SMILES string of the molecule is COc1ccc(CNC(=S)NC[C@H](c2ccc(OC)cc2)[NH+]2CCCCC2)cc1. The molecular weight excluding hydrogens is 382 g/mol. The Morgan fingerprint density at radius 1 is 0.897 bits per heavy atom. The van der Waals surface area contributed by atoms with E-state index in [0.29, 0.717) is 17.7 Å². The number of rotatable bonds is 8. The van der Waals surface area contributed by atoms with Crippen molar-refractivity contribution in [1.82, 2.24) is 10.6 Å². The van der Waals surface area contributed by atoms with E-state index in [1.807, 2.05) is 36.4 Å². The largest absolute Gasteiger partial charge is 0.497 e. The number of benzene rings is 2. The summed E-state index contributed by atoms with van der Waals surface area (Å²) in [5.41, 5.74) is 2.50. The highest BCUT2D eigenvalue weighted by atomic mass is 32.1. The molecule has 29 heavy (non-hydrogen) atoms. The van der Waals surface area contributed by atoms with Gasteiger partial charge in [0.05, 0.1) is 33.9 Å². The molecule has 2 aromatic rings. The second kappa shape index (κ2) is 11.0. The van der Waals surface area contributed by atoms with Crippen LogP contribution in [0.5, 0.6) is 11.5 Å². The van der Waals surface area contributed by atoms with E-state index >= 15 is 0 Å². The van der Waals surface area contributed by atoms with Gasteiger partial charge in [0.2, 0.25) is 0 Å². The molecule has 0 unspecified atom stereocenters. The van der Waals surface area contributed by atoms with Gasteiger partial charge >= 0.3 is 0 Å². The Labute approximate surface area is 179 Å². The monoisotopic (exact) mass is 414 g/mol. The highest BCUT2D eigenvalue weighted by molar-refractivity contribution is 7.80. The first kappa shape index (κ1) is 21.4. The predicted octanol–water partition coefficient (Wildman–Crippen LogP) is 2.48. The van der Waals surface area contributed by atoms with Crippen LogP contribution in [0.25, 0.3) is 0 Å². The number of piperidine rings is 1. The van der Waals surface area contributed by atoms with Gasteiger partial charge in [-0.3, -0.25) is 0 Å². The van der Waals surface area contributed by atoms with E-state index < -0.39 is 0 Å². The van der Waals surface area contributed by atoms with Crippen LogP contribution < -0.4 is 25.0 Å². The van der Waals surface area contributed by atoms with Crippen molar-refractivity contribution in [3.8, 4) is 11.5 Å². The minimum Gasteiger partial charge on any atom is -0.497 e. The number of thiocarbonyl (C=S) groups is 1. The number of ether oxygens (including phenoxy) is 2. The van der Waals surface area contributed by atoms with Gasteiger partial charge in [-0.15, -0.1) is 0 Å². The summed E-state index contributed by atoms with van der Waals surface area (Å²) in [5, 5.41) is 7.45. The van der Waals surface area contributed by atoms with Crippen LogP contribution in [0.15, 0.2) is 48.5 Å². The topological polar surface area (TPSA) is 47.0 Å². The molecule has 0 aromatic heterocycles. The first-order chi connectivity index (χ1) is 14.2. The van der Waals surface area contributed by atoms with Gasteiger partial charge in [0.25, 0.3) is 0 Å². The second-order valence-corrected chi connectivity index (χ2v) is 7.86. The maximum atomic E-state index is 5.53. The minimum atomic E-state index is 0.377. The maximum Gasteiger partial charge on any atom is 0.166 e. The van der Waals surface area contributed by atoms with Crippen molar-refractivity contribution in [2.45, 2.75) is 31.8 Å². The van der Waals surface area contributed by atoms with Gasteiger partial charge in [-0.1, -0.05) is 12.1 Å². The van der Waals surface area contributed by atoms with Crippen LogP contribution in [0, 0.1) is 0 Å². The molecule has 1 heterocycles. The number of hydrogen-bond acceptors (Lipinski definition) is 3. The summed E-state index contributed by atoms with van der Waals surface area (Å²) in [7, 11) is 3.38. The molecule has 3 rings (SSSR count). The molecule has 0 aliphatic carbocycles. The zero-order valence-corrected chi connectivity index (χ0v) is 18.2. The Kier molecular flexibility index (Phi) is 8.14. The van der Waals surface area contributed by atoms with Crippen LogP contribution in [0.1, 0.15) is 36.4 Å². The molecule has 156 valence electrons. The van der Waals surface area contributed by atoms with Crippen molar-refractivity contribution in [1.29, 1.82) is 0 Å². The second-order valence-electron chi connectivity index (χ2n) is 7.46. The Bertz CT molecular complexity index is 759. The molecule has 0 radical (unpaired) electrons. The van der Waals surface area contributed by atoms with Gasteiger partial charge in [-0.2, -0.15) is 0 Å².